The number of ether oxygens (including phenoxy) is 1. The molecule has 2 aliphatic rings. The summed E-state index contributed by atoms with van der Waals surface area (Å²) in [5, 5.41) is 8.07. The smallest absolute Gasteiger partial charge is 0.0623 e. The van der Waals surface area contributed by atoms with Crippen LogP contribution in [0.25, 0.3) is 0 Å². The molecule has 4 unspecified atom stereocenters. The van der Waals surface area contributed by atoms with E-state index in [-0.39, 0.29) is 0 Å². The molecule has 0 radical (unpaired) electrons. The van der Waals surface area contributed by atoms with Crippen LogP contribution in [0.2, 0.25) is 0 Å². The van der Waals surface area contributed by atoms with Crippen LogP contribution < -0.4 is 5.32 Å². The SMILES string of the molecule is CCn1nc(C)cc1CC(NC)C1CC2CCC1O2. The second-order valence-corrected chi connectivity index (χ2v) is 5.97. The Morgan fingerprint density at radius 3 is 2.95 bits per heavy atom. The van der Waals surface area contributed by atoms with Gasteiger partial charge in [-0.25, -0.2) is 0 Å². The summed E-state index contributed by atoms with van der Waals surface area (Å²) >= 11 is 0. The van der Waals surface area contributed by atoms with Crippen molar-refractivity contribution >= 4 is 0 Å². The van der Waals surface area contributed by atoms with Crippen molar-refractivity contribution in [3.63, 3.8) is 0 Å². The number of hydrogen-bond donors (Lipinski definition) is 1. The van der Waals surface area contributed by atoms with Gasteiger partial charge in [0, 0.05) is 30.6 Å². The van der Waals surface area contributed by atoms with E-state index >= 15 is 0 Å². The highest BCUT2D eigenvalue weighted by Gasteiger charge is 2.44. The Balaban J connectivity index is 1.72. The second-order valence-electron chi connectivity index (χ2n) is 5.97. The molecule has 0 amide bonds. The average molecular weight is 263 g/mol. The molecule has 0 aromatic carbocycles. The molecule has 3 heterocycles. The highest BCUT2D eigenvalue weighted by molar-refractivity contribution is 5.12. The summed E-state index contributed by atoms with van der Waals surface area (Å²) in [6.45, 7) is 5.18. The van der Waals surface area contributed by atoms with E-state index in [9.17, 15) is 0 Å². The molecular formula is C15H25N3O. The lowest BCUT2D eigenvalue weighted by Gasteiger charge is -2.28. The molecule has 3 rings (SSSR count). The van der Waals surface area contributed by atoms with E-state index in [1.807, 2.05) is 0 Å². The summed E-state index contributed by atoms with van der Waals surface area (Å²) in [6, 6.07) is 2.73. The number of nitrogens with one attached hydrogen (secondary N) is 1. The van der Waals surface area contributed by atoms with Crippen LogP contribution in [-0.4, -0.2) is 35.1 Å². The maximum absolute atomic E-state index is 6.00. The third-order valence-corrected chi connectivity index (χ3v) is 4.75. The molecule has 4 heteroatoms. The number of fused-ring (bicyclic) bond motifs is 2. The number of likely N-dealkylation sites (N-methyl/N-ethyl adjacent to an activating group) is 1. The van der Waals surface area contributed by atoms with Gasteiger partial charge in [0.2, 0.25) is 0 Å². The topological polar surface area (TPSA) is 39.1 Å². The van der Waals surface area contributed by atoms with E-state index in [2.05, 4.69) is 42.1 Å². The van der Waals surface area contributed by atoms with Crippen molar-refractivity contribution in [3.8, 4) is 0 Å². The van der Waals surface area contributed by atoms with Crippen molar-refractivity contribution in [2.24, 2.45) is 5.92 Å². The van der Waals surface area contributed by atoms with Crippen LogP contribution in [0.4, 0.5) is 0 Å². The van der Waals surface area contributed by atoms with Crippen molar-refractivity contribution in [2.45, 2.75) is 64.3 Å². The zero-order valence-corrected chi connectivity index (χ0v) is 12.2. The van der Waals surface area contributed by atoms with E-state index in [0.29, 0.717) is 24.2 Å². The molecule has 2 saturated heterocycles. The third kappa shape index (κ3) is 2.43. The van der Waals surface area contributed by atoms with Crippen LogP contribution in [0.1, 0.15) is 37.6 Å². The Morgan fingerprint density at radius 2 is 2.37 bits per heavy atom. The quantitative estimate of drug-likeness (QED) is 0.882. The largest absolute Gasteiger partial charge is 0.375 e. The molecule has 106 valence electrons. The van der Waals surface area contributed by atoms with Gasteiger partial charge in [-0.1, -0.05) is 0 Å². The van der Waals surface area contributed by atoms with Gasteiger partial charge in [0.25, 0.3) is 0 Å². The lowest BCUT2D eigenvalue weighted by Crippen LogP contribution is -2.40. The molecule has 4 nitrogen and oxygen atoms in total. The fraction of sp³-hybridized carbons (Fsp3) is 0.800. The van der Waals surface area contributed by atoms with Gasteiger partial charge in [0.1, 0.15) is 0 Å². The van der Waals surface area contributed by atoms with Crippen molar-refractivity contribution in [2.75, 3.05) is 7.05 Å². The normalized spacial score (nSPS) is 31.0. The predicted molar refractivity (Wildman–Crippen MR) is 75.2 cm³/mol. The van der Waals surface area contributed by atoms with Crippen molar-refractivity contribution in [1.82, 2.24) is 15.1 Å². The minimum Gasteiger partial charge on any atom is -0.375 e. The van der Waals surface area contributed by atoms with Gasteiger partial charge in [0.15, 0.2) is 0 Å². The van der Waals surface area contributed by atoms with E-state index in [1.54, 1.807) is 0 Å². The number of aromatic nitrogens is 2. The Kier molecular flexibility index (Phi) is 3.63. The van der Waals surface area contributed by atoms with Gasteiger partial charge in [-0.3, -0.25) is 4.68 Å². The molecule has 0 aliphatic carbocycles. The zero-order valence-electron chi connectivity index (χ0n) is 12.2. The Bertz CT molecular complexity index is 443. The van der Waals surface area contributed by atoms with E-state index in [4.69, 9.17) is 4.74 Å². The molecule has 1 N–H and O–H groups in total. The highest BCUT2D eigenvalue weighted by Crippen LogP contribution is 2.40. The monoisotopic (exact) mass is 263 g/mol. The van der Waals surface area contributed by atoms with Gasteiger partial charge in [-0.05, 0) is 46.2 Å². The van der Waals surface area contributed by atoms with E-state index < -0.39 is 0 Å². The van der Waals surface area contributed by atoms with Crippen molar-refractivity contribution < 1.29 is 4.74 Å². The molecule has 0 spiro atoms. The number of hydrogen-bond acceptors (Lipinski definition) is 3. The molecular weight excluding hydrogens is 238 g/mol. The number of nitrogens with zero attached hydrogens (tertiary/aromatic N) is 2. The van der Waals surface area contributed by atoms with Gasteiger partial charge >= 0.3 is 0 Å². The fourth-order valence-corrected chi connectivity index (χ4v) is 3.83. The summed E-state index contributed by atoms with van der Waals surface area (Å²) in [5.41, 5.74) is 2.47. The van der Waals surface area contributed by atoms with Crippen LogP contribution in [0, 0.1) is 12.8 Å². The lowest BCUT2D eigenvalue weighted by atomic mass is 9.82. The van der Waals surface area contributed by atoms with E-state index in [0.717, 1.165) is 18.7 Å². The van der Waals surface area contributed by atoms with Crippen molar-refractivity contribution in [1.29, 1.82) is 0 Å². The van der Waals surface area contributed by atoms with Crippen LogP contribution >= 0.6 is 0 Å². The van der Waals surface area contributed by atoms with Gasteiger partial charge in [-0.2, -0.15) is 5.10 Å². The first-order valence-corrected chi connectivity index (χ1v) is 7.57. The van der Waals surface area contributed by atoms with E-state index in [1.165, 1.54) is 25.0 Å². The first kappa shape index (κ1) is 13.1. The van der Waals surface area contributed by atoms with Crippen molar-refractivity contribution in [3.05, 3.63) is 17.5 Å². The minimum absolute atomic E-state index is 0.488. The molecule has 2 bridgehead atoms. The summed E-state index contributed by atoms with van der Waals surface area (Å²) in [6.07, 6.45) is 5.83. The van der Waals surface area contributed by atoms with Gasteiger partial charge in [-0.15, -0.1) is 0 Å². The van der Waals surface area contributed by atoms with Crippen LogP contribution in [0.15, 0.2) is 6.07 Å². The number of rotatable bonds is 5. The Hall–Kier alpha value is -0.870. The maximum atomic E-state index is 6.00. The predicted octanol–water partition coefficient (Wildman–Crippen LogP) is 1.91. The fourth-order valence-electron chi connectivity index (χ4n) is 3.83. The summed E-state index contributed by atoms with van der Waals surface area (Å²) < 4.78 is 8.14. The minimum atomic E-state index is 0.488. The first-order valence-electron chi connectivity index (χ1n) is 7.57. The third-order valence-electron chi connectivity index (χ3n) is 4.75. The van der Waals surface area contributed by atoms with Crippen LogP contribution in [-0.2, 0) is 17.7 Å². The zero-order chi connectivity index (χ0) is 13.4. The van der Waals surface area contributed by atoms with Gasteiger partial charge < -0.3 is 10.1 Å². The molecule has 0 saturated carbocycles. The standard InChI is InChI=1S/C15H25N3O/c1-4-18-11(7-10(2)17-18)8-14(16-3)13-9-12-5-6-15(13)19-12/h7,12-16H,4-6,8-9H2,1-3H3. The molecule has 1 aromatic heterocycles. The average Bonchev–Trinajstić information content (AvgIpc) is 3.10. The molecule has 2 fully saturated rings. The van der Waals surface area contributed by atoms with Gasteiger partial charge in [0.05, 0.1) is 17.9 Å². The first-order chi connectivity index (χ1) is 9.21. The Morgan fingerprint density at radius 1 is 1.53 bits per heavy atom. The van der Waals surface area contributed by atoms with Crippen LogP contribution in [0.5, 0.6) is 0 Å². The second kappa shape index (κ2) is 5.25. The molecule has 19 heavy (non-hydrogen) atoms. The molecule has 2 aliphatic heterocycles. The lowest BCUT2D eigenvalue weighted by molar-refractivity contribution is 0.0862. The molecule has 1 aromatic rings. The summed E-state index contributed by atoms with van der Waals surface area (Å²) in [4.78, 5) is 0. The summed E-state index contributed by atoms with van der Waals surface area (Å²) in [7, 11) is 2.08. The Labute approximate surface area is 115 Å². The van der Waals surface area contributed by atoms with Crippen LogP contribution in [0.3, 0.4) is 0 Å². The number of aryl methyl sites for hydroxylation is 2. The molecule has 4 atom stereocenters. The summed E-state index contributed by atoms with van der Waals surface area (Å²) in [5.74, 6) is 0.671. The highest BCUT2D eigenvalue weighted by atomic mass is 16.5. The maximum Gasteiger partial charge on any atom is 0.0623 e.